The Balaban J connectivity index is 1.52. The van der Waals surface area contributed by atoms with Crippen LogP contribution in [0.2, 0.25) is 0 Å². The second-order valence-corrected chi connectivity index (χ2v) is 7.19. The Morgan fingerprint density at radius 2 is 2.26 bits per heavy atom. The summed E-state index contributed by atoms with van der Waals surface area (Å²) in [6, 6.07) is 10.0. The van der Waals surface area contributed by atoms with Crippen molar-refractivity contribution >= 4 is 17.8 Å². The molecular formula is C17H22N4OS. The lowest BCUT2D eigenvalue weighted by atomic mass is 10.2. The number of amides is 2. The third kappa shape index (κ3) is 4.28. The van der Waals surface area contributed by atoms with Crippen LogP contribution in [-0.2, 0) is 6.54 Å². The van der Waals surface area contributed by atoms with E-state index >= 15 is 0 Å². The fraction of sp³-hybridized carbons (Fsp3) is 0.412. The van der Waals surface area contributed by atoms with Gasteiger partial charge in [0.25, 0.3) is 0 Å². The summed E-state index contributed by atoms with van der Waals surface area (Å²) in [5.41, 5.74) is 2.06. The lowest BCUT2D eigenvalue weighted by Crippen LogP contribution is -2.39. The maximum atomic E-state index is 12.1. The van der Waals surface area contributed by atoms with E-state index in [1.165, 1.54) is 18.6 Å². The molecule has 1 aliphatic rings. The summed E-state index contributed by atoms with van der Waals surface area (Å²) < 4.78 is 0. The molecule has 2 amide bonds. The zero-order chi connectivity index (χ0) is 16.1. The van der Waals surface area contributed by atoms with Crippen LogP contribution in [0.15, 0.2) is 36.5 Å². The van der Waals surface area contributed by atoms with Crippen molar-refractivity contribution in [2.24, 2.45) is 0 Å². The van der Waals surface area contributed by atoms with Crippen molar-refractivity contribution in [3.05, 3.63) is 42.4 Å². The van der Waals surface area contributed by atoms with Crippen molar-refractivity contribution in [2.45, 2.75) is 24.6 Å². The largest absolute Gasteiger partial charge is 0.341 e. The molecule has 5 nitrogen and oxygen atoms in total. The van der Waals surface area contributed by atoms with Gasteiger partial charge in [0.2, 0.25) is 0 Å². The molecule has 2 N–H and O–H groups in total. The summed E-state index contributed by atoms with van der Waals surface area (Å²) in [6.45, 7) is 1.22. The molecule has 0 saturated carbocycles. The van der Waals surface area contributed by atoms with Crippen LogP contribution in [0.5, 0.6) is 0 Å². The number of nitrogens with one attached hydrogen (secondary N) is 2. The summed E-state index contributed by atoms with van der Waals surface area (Å²) in [4.78, 5) is 21.5. The maximum Gasteiger partial charge on any atom is 0.317 e. The summed E-state index contributed by atoms with van der Waals surface area (Å²) in [6.07, 6.45) is 4.27. The van der Waals surface area contributed by atoms with E-state index in [1.54, 1.807) is 11.9 Å². The molecule has 1 aliphatic heterocycles. The average Bonchev–Trinajstić information content (AvgIpc) is 3.25. The van der Waals surface area contributed by atoms with Crippen molar-refractivity contribution in [3.63, 3.8) is 0 Å². The molecule has 2 heterocycles. The predicted octanol–water partition coefficient (Wildman–Crippen LogP) is 3.11. The minimum absolute atomic E-state index is 0.0461. The van der Waals surface area contributed by atoms with Crippen LogP contribution < -0.4 is 5.32 Å². The first-order chi connectivity index (χ1) is 11.2. The molecule has 6 heteroatoms. The number of carbonyl (C=O) groups is 1. The highest BCUT2D eigenvalue weighted by atomic mass is 32.2. The number of imidazole rings is 1. The van der Waals surface area contributed by atoms with Gasteiger partial charge in [0, 0.05) is 18.8 Å². The molecule has 1 unspecified atom stereocenters. The van der Waals surface area contributed by atoms with Crippen LogP contribution in [0, 0.1) is 0 Å². The van der Waals surface area contributed by atoms with E-state index < -0.39 is 0 Å². The molecule has 0 spiro atoms. The number of rotatable bonds is 5. The van der Waals surface area contributed by atoms with Gasteiger partial charge in [0.05, 0.1) is 18.4 Å². The van der Waals surface area contributed by atoms with Gasteiger partial charge in [0.15, 0.2) is 0 Å². The van der Waals surface area contributed by atoms with Gasteiger partial charge in [-0.2, -0.15) is 11.8 Å². The lowest BCUT2D eigenvalue weighted by Gasteiger charge is -2.18. The maximum absolute atomic E-state index is 12.1. The lowest BCUT2D eigenvalue weighted by molar-refractivity contribution is 0.206. The Kier molecular flexibility index (Phi) is 5.23. The molecule has 3 rings (SSSR count). The smallest absolute Gasteiger partial charge is 0.317 e. The molecule has 1 aromatic heterocycles. The van der Waals surface area contributed by atoms with Crippen LogP contribution in [0.1, 0.15) is 18.7 Å². The van der Waals surface area contributed by atoms with Crippen LogP contribution in [0.4, 0.5) is 4.79 Å². The number of hydrogen-bond donors (Lipinski definition) is 2. The Bertz CT molecular complexity index is 637. The van der Waals surface area contributed by atoms with Gasteiger partial charge in [-0.1, -0.05) is 30.3 Å². The molecule has 1 saturated heterocycles. The minimum Gasteiger partial charge on any atom is -0.341 e. The average molecular weight is 330 g/mol. The van der Waals surface area contributed by atoms with Gasteiger partial charge >= 0.3 is 6.03 Å². The summed E-state index contributed by atoms with van der Waals surface area (Å²) >= 11 is 1.95. The van der Waals surface area contributed by atoms with E-state index in [2.05, 4.69) is 15.3 Å². The number of hydrogen-bond acceptors (Lipinski definition) is 3. The Hall–Kier alpha value is -1.95. The highest BCUT2D eigenvalue weighted by Crippen LogP contribution is 2.25. The first kappa shape index (κ1) is 15.9. The summed E-state index contributed by atoms with van der Waals surface area (Å²) in [7, 11) is 1.79. The number of urea groups is 1. The molecule has 122 valence electrons. The van der Waals surface area contributed by atoms with E-state index in [-0.39, 0.29) is 6.03 Å². The Labute approximate surface area is 140 Å². The third-order valence-corrected chi connectivity index (χ3v) is 5.35. The number of benzene rings is 1. The van der Waals surface area contributed by atoms with Crippen LogP contribution in [0.3, 0.4) is 0 Å². The third-order valence-electron chi connectivity index (χ3n) is 3.95. The van der Waals surface area contributed by atoms with Gasteiger partial charge in [-0.05, 0) is 24.2 Å². The standard InChI is InChI=1S/C17H22N4OS/c1-21(17(22)19-10-14-8-5-9-23-14)12-16-18-11-15(20-16)13-6-3-2-4-7-13/h2-4,6-7,11,14H,5,8-10,12H2,1H3,(H,18,20)(H,19,22). The molecule has 23 heavy (non-hydrogen) atoms. The second-order valence-electron chi connectivity index (χ2n) is 5.79. The first-order valence-electron chi connectivity index (χ1n) is 7.92. The Morgan fingerprint density at radius 3 is 3.00 bits per heavy atom. The van der Waals surface area contributed by atoms with Gasteiger partial charge in [-0.3, -0.25) is 0 Å². The van der Waals surface area contributed by atoms with Crippen molar-refractivity contribution in [1.29, 1.82) is 0 Å². The van der Waals surface area contributed by atoms with Gasteiger partial charge in [-0.25, -0.2) is 9.78 Å². The first-order valence-corrected chi connectivity index (χ1v) is 8.97. The minimum atomic E-state index is -0.0461. The van der Waals surface area contributed by atoms with Crippen molar-refractivity contribution in [3.8, 4) is 11.3 Å². The predicted molar refractivity (Wildman–Crippen MR) is 94.4 cm³/mol. The normalized spacial score (nSPS) is 17.2. The number of thioether (sulfide) groups is 1. The molecule has 0 aliphatic carbocycles. The highest BCUT2D eigenvalue weighted by molar-refractivity contribution is 8.00. The van der Waals surface area contributed by atoms with Crippen LogP contribution in [0.25, 0.3) is 11.3 Å². The number of aromatic nitrogens is 2. The molecule has 1 atom stereocenters. The molecule has 0 radical (unpaired) electrons. The fourth-order valence-electron chi connectivity index (χ4n) is 2.65. The Morgan fingerprint density at radius 1 is 1.43 bits per heavy atom. The number of nitrogens with zero attached hydrogens (tertiary/aromatic N) is 2. The topological polar surface area (TPSA) is 61.0 Å². The number of carbonyl (C=O) groups excluding carboxylic acids is 1. The second kappa shape index (κ2) is 7.55. The van der Waals surface area contributed by atoms with Crippen LogP contribution in [-0.4, -0.2) is 45.5 Å². The molecular weight excluding hydrogens is 308 g/mol. The van der Waals surface area contributed by atoms with E-state index in [0.29, 0.717) is 11.8 Å². The van der Waals surface area contributed by atoms with Crippen LogP contribution >= 0.6 is 11.8 Å². The van der Waals surface area contributed by atoms with E-state index in [0.717, 1.165) is 23.6 Å². The number of aromatic amines is 1. The van der Waals surface area contributed by atoms with E-state index in [9.17, 15) is 4.79 Å². The molecule has 2 aromatic rings. The zero-order valence-corrected chi connectivity index (χ0v) is 14.1. The zero-order valence-electron chi connectivity index (χ0n) is 13.3. The van der Waals surface area contributed by atoms with E-state index in [1.807, 2.05) is 48.3 Å². The van der Waals surface area contributed by atoms with Gasteiger partial charge in [0.1, 0.15) is 5.82 Å². The van der Waals surface area contributed by atoms with Crippen molar-refractivity contribution < 1.29 is 4.79 Å². The number of H-pyrrole nitrogens is 1. The van der Waals surface area contributed by atoms with Gasteiger partial charge in [-0.15, -0.1) is 0 Å². The molecule has 1 fully saturated rings. The van der Waals surface area contributed by atoms with Crippen molar-refractivity contribution in [2.75, 3.05) is 19.3 Å². The fourth-order valence-corrected chi connectivity index (χ4v) is 3.85. The van der Waals surface area contributed by atoms with Crippen molar-refractivity contribution in [1.82, 2.24) is 20.2 Å². The van der Waals surface area contributed by atoms with E-state index in [4.69, 9.17) is 0 Å². The highest BCUT2D eigenvalue weighted by Gasteiger charge is 2.18. The quantitative estimate of drug-likeness (QED) is 0.885. The molecule has 1 aromatic carbocycles. The summed E-state index contributed by atoms with van der Waals surface area (Å²) in [5, 5.41) is 3.58. The summed E-state index contributed by atoms with van der Waals surface area (Å²) in [5.74, 6) is 2.00. The monoisotopic (exact) mass is 330 g/mol. The SMILES string of the molecule is CN(Cc1ncc(-c2ccccc2)[nH]1)C(=O)NCC1CCCS1. The van der Waals surface area contributed by atoms with Gasteiger partial charge < -0.3 is 15.2 Å². The molecule has 0 bridgehead atoms.